The minimum absolute atomic E-state index is 0.103. The van der Waals surface area contributed by atoms with Crippen LogP contribution in [0.3, 0.4) is 0 Å². The topological polar surface area (TPSA) is 32.3 Å². The fourth-order valence-corrected chi connectivity index (χ4v) is 2.11. The largest absolute Gasteiger partial charge is 0.508 e. The van der Waals surface area contributed by atoms with Gasteiger partial charge < -0.3 is 10.4 Å². The molecule has 0 aromatic heterocycles. The average molecular weight is 357 g/mol. The predicted molar refractivity (Wildman–Crippen MR) is 79.3 cm³/mol. The Bertz CT molecular complexity index is 572. The van der Waals surface area contributed by atoms with E-state index in [2.05, 4.69) is 27.9 Å². The van der Waals surface area contributed by atoms with Gasteiger partial charge >= 0.3 is 0 Å². The lowest BCUT2D eigenvalue weighted by Gasteiger charge is -2.09. The summed E-state index contributed by atoms with van der Waals surface area (Å²) in [4.78, 5) is 0. The van der Waals surface area contributed by atoms with Gasteiger partial charge in [-0.15, -0.1) is 0 Å². The first-order valence-corrected chi connectivity index (χ1v) is 6.61. The minimum Gasteiger partial charge on any atom is -0.508 e. The van der Waals surface area contributed by atoms with Crippen LogP contribution in [0.4, 0.5) is 10.1 Å². The fourth-order valence-electron chi connectivity index (χ4n) is 1.60. The third-order valence-corrected chi connectivity index (χ3v) is 3.86. The summed E-state index contributed by atoms with van der Waals surface area (Å²) in [6, 6.07) is 9.95. The number of rotatable bonds is 3. The Morgan fingerprint density at radius 1 is 1.22 bits per heavy atom. The van der Waals surface area contributed by atoms with Gasteiger partial charge in [-0.3, -0.25) is 0 Å². The smallest absolute Gasteiger partial charge is 0.123 e. The molecular formula is C14H13FINO. The molecule has 2 rings (SSSR count). The Kier molecular flexibility index (Phi) is 4.06. The molecule has 18 heavy (non-hydrogen) atoms. The first-order valence-electron chi connectivity index (χ1n) is 5.53. The number of aryl methyl sites for hydroxylation is 1. The lowest BCUT2D eigenvalue weighted by molar-refractivity contribution is 0.466. The number of aromatic hydroxyl groups is 1. The Balaban J connectivity index is 2.11. The molecule has 2 aromatic rings. The van der Waals surface area contributed by atoms with Gasteiger partial charge in [-0.1, -0.05) is 6.07 Å². The van der Waals surface area contributed by atoms with E-state index in [1.807, 2.05) is 25.1 Å². The van der Waals surface area contributed by atoms with Gasteiger partial charge in [-0.25, -0.2) is 4.39 Å². The summed E-state index contributed by atoms with van der Waals surface area (Å²) < 4.78 is 14.2. The van der Waals surface area contributed by atoms with Crippen molar-refractivity contribution in [1.82, 2.24) is 0 Å². The summed E-state index contributed by atoms with van der Waals surface area (Å²) in [5, 5.41) is 12.8. The molecular weight excluding hydrogens is 344 g/mol. The van der Waals surface area contributed by atoms with Crippen LogP contribution in [0.2, 0.25) is 0 Å². The Labute approximate surface area is 119 Å². The van der Waals surface area contributed by atoms with E-state index >= 15 is 0 Å². The second-order valence-corrected chi connectivity index (χ2v) is 5.25. The van der Waals surface area contributed by atoms with Crippen LogP contribution in [0.5, 0.6) is 5.75 Å². The third kappa shape index (κ3) is 3.13. The number of hydrogen-bond acceptors (Lipinski definition) is 2. The molecule has 2 aromatic carbocycles. The van der Waals surface area contributed by atoms with Crippen LogP contribution in [-0.2, 0) is 6.54 Å². The zero-order chi connectivity index (χ0) is 13.1. The summed E-state index contributed by atoms with van der Waals surface area (Å²) in [6.07, 6.45) is 0. The highest BCUT2D eigenvalue weighted by molar-refractivity contribution is 14.1. The molecule has 0 spiro atoms. The Morgan fingerprint density at radius 2 is 2.00 bits per heavy atom. The first kappa shape index (κ1) is 13.1. The zero-order valence-electron chi connectivity index (χ0n) is 9.87. The second kappa shape index (κ2) is 5.56. The van der Waals surface area contributed by atoms with E-state index in [4.69, 9.17) is 0 Å². The predicted octanol–water partition coefficient (Wildman–Crippen LogP) is 4.06. The zero-order valence-corrected chi connectivity index (χ0v) is 12.0. The molecule has 0 bridgehead atoms. The molecule has 0 aliphatic carbocycles. The van der Waals surface area contributed by atoms with Crippen molar-refractivity contribution in [2.75, 3.05) is 5.32 Å². The molecule has 0 fully saturated rings. The minimum atomic E-state index is -0.344. The third-order valence-electron chi connectivity index (χ3n) is 2.70. The van der Waals surface area contributed by atoms with Crippen molar-refractivity contribution in [2.24, 2.45) is 0 Å². The van der Waals surface area contributed by atoms with Gasteiger partial charge in [0.05, 0.1) is 0 Å². The molecule has 0 saturated carbocycles. The van der Waals surface area contributed by atoms with Gasteiger partial charge in [0.1, 0.15) is 11.6 Å². The van der Waals surface area contributed by atoms with Crippen molar-refractivity contribution in [1.29, 1.82) is 0 Å². The van der Waals surface area contributed by atoms with Gasteiger partial charge in [0, 0.05) is 21.4 Å². The Hall–Kier alpha value is -1.30. The van der Waals surface area contributed by atoms with Crippen molar-refractivity contribution in [2.45, 2.75) is 13.5 Å². The maximum Gasteiger partial charge on any atom is 0.123 e. The number of anilines is 1. The molecule has 94 valence electrons. The molecule has 0 radical (unpaired) electrons. The van der Waals surface area contributed by atoms with Crippen LogP contribution in [0.25, 0.3) is 0 Å². The molecule has 0 atom stereocenters. The molecule has 4 heteroatoms. The van der Waals surface area contributed by atoms with Crippen LogP contribution in [0.1, 0.15) is 11.1 Å². The number of hydrogen-bond donors (Lipinski definition) is 2. The molecule has 2 nitrogen and oxygen atoms in total. The monoisotopic (exact) mass is 357 g/mol. The fraction of sp³-hybridized carbons (Fsp3) is 0.143. The maximum atomic E-state index is 13.0. The molecule has 0 heterocycles. The number of halogens is 2. The van der Waals surface area contributed by atoms with E-state index in [1.54, 1.807) is 0 Å². The number of phenols is 1. The SMILES string of the molecule is Cc1ccc(NCc2cc(F)ccc2O)cc1I. The average Bonchev–Trinajstić information content (AvgIpc) is 2.34. The van der Waals surface area contributed by atoms with Gasteiger partial charge in [0.25, 0.3) is 0 Å². The summed E-state index contributed by atoms with van der Waals surface area (Å²) in [5.74, 6) is -0.242. The van der Waals surface area contributed by atoms with Crippen molar-refractivity contribution in [3.8, 4) is 5.75 Å². The maximum absolute atomic E-state index is 13.0. The van der Waals surface area contributed by atoms with Crippen LogP contribution >= 0.6 is 22.6 Å². The van der Waals surface area contributed by atoms with E-state index in [-0.39, 0.29) is 11.6 Å². The van der Waals surface area contributed by atoms with E-state index in [1.165, 1.54) is 27.3 Å². The van der Waals surface area contributed by atoms with Crippen molar-refractivity contribution < 1.29 is 9.50 Å². The van der Waals surface area contributed by atoms with Gasteiger partial charge in [0.15, 0.2) is 0 Å². The highest BCUT2D eigenvalue weighted by atomic mass is 127. The van der Waals surface area contributed by atoms with Gasteiger partial charge in [0.2, 0.25) is 0 Å². The Morgan fingerprint density at radius 3 is 2.72 bits per heavy atom. The van der Waals surface area contributed by atoms with E-state index in [9.17, 15) is 9.50 Å². The summed E-state index contributed by atoms with van der Waals surface area (Å²) in [5.41, 5.74) is 2.72. The second-order valence-electron chi connectivity index (χ2n) is 4.09. The van der Waals surface area contributed by atoms with Crippen molar-refractivity contribution in [3.05, 3.63) is 56.9 Å². The van der Waals surface area contributed by atoms with Crippen molar-refractivity contribution in [3.63, 3.8) is 0 Å². The number of benzene rings is 2. The van der Waals surface area contributed by atoms with Crippen LogP contribution in [0.15, 0.2) is 36.4 Å². The lowest BCUT2D eigenvalue weighted by atomic mass is 10.2. The van der Waals surface area contributed by atoms with E-state index in [0.717, 1.165) is 5.69 Å². The van der Waals surface area contributed by atoms with Crippen LogP contribution in [-0.4, -0.2) is 5.11 Å². The summed E-state index contributed by atoms with van der Waals surface area (Å²) in [7, 11) is 0. The molecule has 0 aliphatic heterocycles. The number of phenolic OH excluding ortho intramolecular Hbond substituents is 1. The van der Waals surface area contributed by atoms with Gasteiger partial charge in [-0.2, -0.15) is 0 Å². The van der Waals surface area contributed by atoms with Crippen LogP contribution < -0.4 is 5.32 Å². The summed E-state index contributed by atoms with van der Waals surface area (Å²) >= 11 is 2.27. The van der Waals surface area contributed by atoms with Gasteiger partial charge in [-0.05, 0) is 65.4 Å². The molecule has 2 N–H and O–H groups in total. The van der Waals surface area contributed by atoms with E-state index < -0.39 is 0 Å². The molecule has 0 aliphatic rings. The highest BCUT2D eigenvalue weighted by Crippen LogP contribution is 2.21. The molecule has 0 unspecified atom stereocenters. The quantitative estimate of drug-likeness (QED) is 0.813. The molecule has 0 saturated heterocycles. The standard InChI is InChI=1S/C14H13FINO/c1-9-2-4-12(7-13(9)16)17-8-10-6-11(15)3-5-14(10)18/h2-7,17-18H,8H2,1H3. The lowest BCUT2D eigenvalue weighted by Crippen LogP contribution is -2.00. The molecule has 0 amide bonds. The number of nitrogens with one attached hydrogen (secondary N) is 1. The normalized spacial score (nSPS) is 10.4. The highest BCUT2D eigenvalue weighted by Gasteiger charge is 2.03. The van der Waals surface area contributed by atoms with E-state index in [0.29, 0.717) is 12.1 Å². The van der Waals surface area contributed by atoms with Crippen LogP contribution in [0, 0.1) is 16.3 Å². The summed E-state index contributed by atoms with van der Waals surface area (Å²) in [6.45, 7) is 2.44. The van der Waals surface area contributed by atoms with Crippen molar-refractivity contribution >= 4 is 28.3 Å². The first-order chi connectivity index (χ1) is 8.56.